The van der Waals surface area contributed by atoms with Crippen LogP contribution in [0.4, 0.5) is 25.4 Å². The lowest BCUT2D eigenvalue weighted by atomic mass is 10.2. The van der Waals surface area contributed by atoms with Crippen molar-refractivity contribution in [1.82, 2.24) is 15.1 Å². The number of nitrogens with one attached hydrogen (secondary N) is 1. The minimum Gasteiger partial charge on any atom is -0.423 e. The van der Waals surface area contributed by atoms with Gasteiger partial charge in [0.1, 0.15) is 5.82 Å². The fraction of sp³-hybridized carbons (Fsp3) is 0.526. The second-order valence-electron chi connectivity index (χ2n) is 7.56. The largest absolute Gasteiger partial charge is 0.423 e. The Morgan fingerprint density at radius 2 is 2.03 bits per heavy atom. The number of carbonyl (C=O) groups excluding carboxylic acids is 3. The molecule has 3 amide bonds. The Bertz CT molecular complexity index is 877. The highest BCUT2D eigenvalue weighted by Gasteiger charge is 2.36. The lowest BCUT2D eigenvalue weighted by Gasteiger charge is -2.37. The van der Waals surface area contributed by atoms with Gasteiger partial charge in [0.15, 0.2) is 6.23 Å². The number of hydrogen-bond acceptors (Lipinski definition) is 7. The standard InChI is InChI=1S/C19H24FN5O4S2/c1-22(19(28)30)16-9-25(18(27)29-16)12-2-3-15(13(20)8-12)23-4-6-24(7-5-23)17(26)14-10-31-11-21-14/h2-3,8,14,16,21H,4-7,9-11H2,1H3,(H,28,30)/t14-,16?/m0/s1. The lowest BCUT2D eigenvalue weighted by Crippen LogP contribution is -2.53. The first-order valence-electron chi connectivity index (χ1n) is 9.93. The van der Waals surface area contributed by atoms with Gasteiger partial charge in [0.2, 0.25) is 5.91 Å². The molecule has 0 radical (unpaired) electrons. The molecule has 1 N–H and O–H groups in total. The molecule has 0 saturated carbocycles. The molecule has 3 heterocycles. The van der Waals surface area contributed by atoms with Crippen molar-refractivity contribution in [2.75, 3.05) is 61.2 Å². The maximum absolute atomic E-state index is 14.9. The summed E-state index contributed by atoms with van der Waals surface area (Å²) in [7, 11) is 1.48. The Morgan fingerprint density at radius 1 is 1.29 bits per heavy atom. The van der Waals surface area contributed by atoms with Gasteiger partial charge in [-0.15, -0.1) is 11.8 Å². The topological polar surface area (TPSA) is 85.4 Å². The van der Waals surface area contributed by atoms with E-state index in [0.29, 0.717) is 37.6 Å². The first kappa shape index (κ1) is 22.0. The number of thioether (sulfide) groups is 1. The SMILES string of the molecule is CN(C(=O)S)C1CN(c2ccc(N3CCN(C(=O)[C@@H]4CSCN4)CC3)c(F)c2)C(=O)O1. The number of anilines is 2. The maximum atomic E-state index is 14.9. The average Bonchev–Trinajstić information content (AvgIpc) is 3.43. The summed E-state index contributed by atoms with van der Waals surface area (Å²) in [5, 5.41) is 2.66. The Labute approximate surface area is 189 Å². The molecular weight excluding hydrogens is 445 g/mol. The van der Waals surface area contributed by atoms with Crippen LogP contribution >= 0.6 is 24.4 Å². The number of benzene rings is 1. The predicted octanol–water partition coefficient (Wildman–Crippen LogP) is 1.40. The van der Waals surface area contributed by atoms with E-state index in [9.17, 15) is 18.8 Å². The zero-order chi connectivity index (χ0) is 22.1. The molecule has 2 atom stereocenters. The van der Waals surface area contributed by atoms with E-state index in [1.165, 1.54) is 22.9 Å². The van der Waals surface area contributed by atoms with E-state index in [4.69, 9.17) is 4.74 Å². The number of cyclic esters (lactones) is 1. The molecule has 3 saturated heterocycles. The molecule has 1 unspecified atom stereocenters. The summed E-state index contributed by atoms with van der Waals surface area (Å²) in [5.41, 5.74) is 0.782. The molecule has 12 heteroatoms. The molecular formula is C19H24FN5O4S2. The quantitative estimate of drug-likeness (QED) is 0.645. The van der Waals surface area contributed by atoms with Gasteiger partial charge in [-0.1, -0.05) is 12.6 Å². The molecule has 3 aliphatic heterocycles. The predicted molar refractivity (Wildman–Crippen MR) is 119 cm³/mol. The van der Waals surface area contributed by atoms with Crippen molar-refractivity contribution in [2.24, 2.45) is 0 Å². The number of likely N-dealkylation sites (N-methyl/N-ethyl adjacent to an activating group) is 1. The van der Waals surface area contributed by atoms with E-state index in [2.05, 4.69) is 17.9 Å². The van der Waals surface area contributed by atoms with Crippen molar-refractivity contribution < 1.29 is 23.5 Å². The Kier molecular flexibility index (Phi) is 6.49. The third kappa shape index (κ3) is 4.55. The van der Waals surface area contributed by atoms with Gasteiger partial charge in [0.25, 0.3) is 5.24 Å². The van der Waals surface area contributed by atoms with Gasteiger partial charge in [0, 0.05) is 44.9 Å². The molecule has 168 valence electrons. The van der Waals surface area contributed by atoms with Gasteiger partial charge in [-0.25, -0.2) is 9.18 Å². The minimum absolute atomic E-state index is 0.0920. The molecule has 1 aromatic rings. The van der Waals surface area contributed by atoms with Crippen molar-refractivity contribution >= 4 is 53.0 Å². The minimum atomic E-state index is -0.779. The highest BCUT2D eigenvalue weighted by atomic mass is 32.2. The number of carbonyl (C=O) groups is 3. The number of piperazine rings is 1. The van der Waals surface area contributed by atoms with Crippen LogP contribution in [0.25, 0.3) is 0 Å². The van der Waals surface area contributed by atoms with E-state index in [-0.39, 0.29) is 18.5 Å². The monoisotopic (exact) mass is 469 g/mol. The van der Waals surface area contributed by atoms with E-state index < -0.39 is 23.4 Å². The third-order valence-electron chi connectivity index (χ3n) is 5.72. The van der Waals surface area contributed by atoms with E-state index in [1.54, 1.807) is 23.9 Å². The van der Waals surface area contributed by atoms with Crippen LogP contribution in [0, 0.1) is 5.82 Å². The second-order valence-corrected chi connectivity index (χ2v) is 8.98. The van der Waals surface area contributed by atoms with E-state index >= 15 is 0 Å². The number of thiol groups is 1. The first-order chi connectivity index (χ1) is 14.8. The highest BCUT2D eigenvalue weighted by Crippen LogP contribution is 2.29. The molecule has 4 rings (SSSR count). The van der Waals surface area contributed by atoms with E-state index in [1.807, 2.05) is 9.80 Å². The molecule has 0 spiro atoms. The molecule has 0 bridgehead atoms. The number of ether oxygens (including phenoxy) is 1. The van der Waals surface area contributed by atoms with Gasteiger partial charge < -0.3 is 14.5 Å². The van der Waals surface area contributed by atoms with Gasteiger partial charge in [-0.3, -0.25) is 24.7 Å². The summed E-state index contributed by atoms with van der Waals surface area (Å²) < 4.78 is 20.1. The Hall–Kier alpha value is -2.18. The van der Waals surface area contributed by atoms with Crippen LogP contribution in [-0.2, 0) is 9.53 Å². The molecule has 3 fully saturated rings. The molecule has 1 aromatic carbocycles. The summed E-state index contributed by atoms with van der Waals surface area (Å²) in [5.74, 6) is 1.22. The van der Waals surface area contributed by atoms with Gasteiger partial charge in [-0.05, 0) is 18.2 Å². The molecule has 3 aliphatic rings. The molecule has 0 aliphatic carbocycles. The normalized spacial score (nSPS) is 23.8. The zero-order valence-electron chi connectivity index (χ0n) is 17.0. The first-order valence-corrected chi connectivity index (χ1v) is 11.5. The van der Waals surface area contributed by atoms with Crippen LogP contribution in [0.15, 0.2) is 18.2 Å². The summed E-state index contributed by atoms with van der Waals surface area (Å²) in [6, 6.07) is 4.44. The lowest BCUT2D eigenvalue weighted by molar-refractivity contribution is -0.132. The van der Waals surface area contributed by atoms with Crippen molar-refractivity contribution in [3.63, 3.8) is 0 Å². The Morgan fingerprint density at radius 3 is 2.65 bits per heavy atom. The smallest absolute Gasteiger partial charge is 0.416 e. The summed E-state index contributed by atoms with van der Waals surface area (Å²) >= 11 is 5.44. The number of hydrogen-bond donors (Lipinski definition) is 2. The summed E-state index contributed by atoms with van der Waals surface area (Å²) in [6.45, 7) is 2.23. The molecule has 9 nitrogen and oxygen atoms in total. The summed E-state index contributed by atoms with van der Waals surface area (Å²) in [4.78, 5) is 42.3. The number of amides is 3. The van der Waals surface area contributed by atoms with Gasteiger partial charge in [-0.2, -0.15) is 0 Å². The fourth-order valence-electron chi connectivity index (χ4n) is 3.85. The fourth-order valence-corrected chi connectivity index (χ4v) is 4.91. The highest BCUT2D eigenvalue weighted by molar-refractivity contribution is 7.99. The van der Waals surface area contributed by atoms with Gasteiger partial charge >= 0.3 is 6.09 Å². The van der Waals surface area contributed by atoms with E-state index in [0.717, 1.165) is 11.6 Å². The van der Waals surface area contributed by atoms with Crippen LogP contribution in [0.3, 0.4) is 0 Å². The van der Waals surface area contributed by atoms with Crippen molar-refractivity contribution in [1.29, 1.82) is 0 Å². The summed E-state index contributed by atoms with van der Waals surface area (Å²) in [6.07, 6.45) is -1.43. The maximum Gasteiger partial charge on any atom is 0.416 e. The van der Waals surface area contributed by atoms with Crippen LogP contribution in [-0.4, -0.2) is 90.7 Å². The third-order valence-corrected chi connectivity index (χ3v) is 6.97. The average molecular weight is 470 g/mol. The number of halogens is 1. The Balaban J connectivity index is 1.39. The van der Waals surface area contributed by atoms with Crippen LogP contribution in [0.2, 0.25) is 0 Å². The second kappa shape index (κ2) is 9.13. The van der Waals surface area contributed by atoms with Gasteiger partial charge in [0.05, 0.1) is 24.0 Å². The number of rotatable bonds is 4. The van der Waals surface area contributed by atoms with Crippen molar-refractivity contribution in [3.8, 4) is 0 Å². The number of nitrogens with zero attached hydrogens (tertiary/aromatic N) is 4. The molecule has 0 aromatic heterocycles. The van der Waals surface area contributed by atoms with Crippen LogP contribution in [0.5, 0.6) is 0 Å². The zero-order valence-corrected chi connectivity index (χ0v) is 18.7. The van der Waals surface area contributed by atoms with Crippen LogP contribution < -0.4 is 15.1 Å². The molecule has 31 heavy (non-hydrogen) atoms. The van der Waals surface area contributed by atoms with Crippen molar-refractivity contribution in [3.05, 3.63) is 24.0 Å². The van der Waals surface area contributed by atoms with Crippen LogP contribution in [0.1, 0.15) is 0 Å². The van der Waals surface area contributed by atoms with Crippen molar-refractivity contribution in [2.45, 2.75) is 12.3 Å².